The highest BCUT2D eigenvalue weighted by molar-refractivity contribution is 6.42. The number of carbonyl (C=O) groups excluding carboxylic acids is 2. The van der Waals surface area contributed by atoms with Gasteiger partial charge < -0.3 is 10.2 Å². The van der Waals surface area contributed by atoms with Crippen molar-refractivity contribution in [2.24, 2.45) is 0 Å². The van der Waals surface area contributed by atoms with E-state index >= 15 is 0 Å². The van der Waals surface area contributed by atoms with E-state index in [0.717, 1.165) is 5.56 Å². The zero-order valence-corrected chi connectivity index (χ0v) is 16.6. The van der Waals surface area contributed by atoms with E-state index in [-0.39, 0.29) is 30.6 Å². The Labute approximate surface area is 168 Å². The predicted molar refractivity (Wildman–Crippen MR) is 105 cm³/mol. The molecule has 7 heteroatoms. The summed E-state index contributed by atoms with van der Waals surface area (Å²) in [4.78, 5) is 26.7. The first-order valence-electron chi connectivity index (χ1n) is 8.57. The summed E-state index contributed by atoms with van der Waals surface area (Å²) in [6.07, 6.45) is 0.0609. The summed E-state index contributed by atoms with van der Waals surface area (Å²) >= 11 is 12.0. The first kappa shape index (κ1) is 21.2. The Hall–Kier alpha value is -2.11. The number of nitrogens with one attached hydrogen (secondary N) is 1. The van der Waals surface area contributed by atoms with Gasteiger partial charge in [-0.1, -0.05) is 41.4 Å². The average Bonchev–Trinajstić information content (AvgIpc) is 2.64. The van der Waals surface area contributed by atoms with Gasteiger partial charge in [-0.2, -0.15) is 0 Å². The highest BCUT2D eigenvalue weighted by Crippen LogP contribution is 2.24. The maximum atomic E-state index is 13.1. The molecule has 2 aromatic rings. The van der Waals surface area contributed by atoms with Gasteiger partial charge in [0.25, 0.3) is 0 Å². The number of amides is 2. The summed E-state index contributed by atoms with van der Waals surface area (Å²) in [5, 5.41) is 3.53. The van der Waals surface area contributed by atoms with Crippen molar-refractivity contribution in [2.75, 3.05) is 6.54 Å². The van der Waals surface area contributed by atoms with Gasteiger partial charge in [-0.25, -0.2) is 4.39 Å². The van der Waals surface area contributed by atoms with Crippen LogP contribution in [-0.4, -0.2) is 29.3 Å². The number of nitrogens with zero attached hydrogens (tertiary/aromatic N) is 1. The Morgan fingerprint density at radius 2 is 1.70 bits per heavy atom. The number of halogens is 3. The molecule has 2 rings (SSSR count). The maximum Gasteiger partial charge on any atom is 0.242 e. The molecule has 0 spiro atoms. The van der Waals surface area contributed by atoms with Crippen LogP contribution in [0.25, 0.3) is 0 Å². The zero-order valence-electron chi connectivity index (χ0n) is 15.1. The fraction of sp³-hybridized carbons (Fsp3) is 0.300. The van der Waals surface area contributed by atoms with E-state index in [9.17, 15) is 14.0 Å². The zero-order chi connectivity index (χ0) is 20.0. The normalized spacial score (nSPS) is 11.7. The maximum absolute atomic E-state index is 13.1. The van der Waals surface area contributed by atoms with E-state index in [2.05, 4.69) is 5.32 Å². The lowest BCUT2D eigenvalue weighted by molar-refractivity contribution is -0.140. The van der Waals surface area contributed by atoms with Crippen LogP contribution in [0.5, 0.6) is 0 Å². The fourth-order valence-corrected chi connectivity index (χ4v) is 2.94. The highest BCUT2D eigenvalue weighted by atomic mass is 35.5. The molecule has 0 radical (unpaired) electrons. The van der Waals surface area contributed by atoms with Gasteiger partial charge in [0.15, 0.2) is 0 Å². The van der Waals surface area contributed by atoms with Crippen molar-refractivity contribution < 1.29 is 14.0 Å². The van der Waals surface area contributed by atoms with Crippen molar-refractivity contribution in [3.05, 3.63) is 69.5 Å². The van der Waals surface area contributed by atoms with E-state index in [0.29, 0.717) is 22.2 Å². The molecule has 0 aliphatic carbocycles. The average molecular weight is 411 g/mol. The third-order valence-corrected chi connectivity index (χ3v) is 4.86. The van der Waals surface area contributed by atoms with Crippen LogP contribution in [0, 0.1) is 5.82 Å². The third-order valence-electron chi connectivity index (χ3n) is 4.12. The molecular formula is C20H21Cl2FN2O2. The molecule has 0 saturated heterocycles. The van der Waals surface area contributed by atoms with Crippen molar-refractivity contribution in [1.29, 1.82) is 0 Å². The SMILES string of the molecule is CCNC(=O)[C@H](C)N(Cc1ccc(Cl)c(Cl)c1)C(=O)Cc1ccc(F)cc1. The summed E-state index contributed by atoms with van der Waals surface area (Å²) in [5.41, 5.74) is 1.43. The summed E-state index contributed by atoms with van der Waals surface area (Å²) in [6.45, 7) is 4.16. The molecule has 2 amide bonds. The lowest BCUT2D eigenvalue weighted by Crippen LogP contribution is -2.48. The van der Waals surface area contributed by atoms with Crippen LogP contribution in [0.1, 0.15) is 25.0 Å². The van der Waals surface area contributed by atoms with Gasteiger partial charge >= 0.3 is 0 Å². The Morgan fingerprint density at radius 3 is 2.30 bits per heavy atom. The molecule has 2 aromatic carbocycles. The van der Waals surface area contributed by atoms with E-state index < -0.39 is 6.04 Å². The van der Waals surface area contributed by atoms with Gasteiger partial charge in [-0.05, 0) is 49.2 Å². The van der Waals surface area contributed by atoms with Gasteiger partial charge in [0.2, 0.25) is 11.8 Å². The number of benzene rings is 2. The van der Waals surface area contributed by atoms with Crippen molar-refractivity contribution in [3.63, 3.8) is 0 Å². The van der Waals surface area contributed by atoms with Crippen molar-refractivity contribution >= 4 is 35.0 Å². The van der Waals surface area contributed by atoms with E-state index in [1.165, 1.54) is 17.0 Å². The molecule has 1 atom stereocenters. The van der Waals surface area contributed by atoms with Crippen molar-refractivity contribution in [3.8, 4) is 0 Å². The quantitative estimate of drug-likeness (QED) is 0.742. The lowest BCUT2D eigenvalue weighted by Gasteiger charge is -2.29. The van der Waals surface area contributed by atoms with Crippen LogP contribution >= 0.6 is 23.2 Å². The van der Waals surface area contributed by atoms with Crippen LogP contribution in [0.3, 0.4) is 0 Å². The van der Waals surface area contributed by atoms with Gasteiger partial charge in [0.05, 0.1) is 16.5 Å². The Bertz CT molecular complexity index is 812. The van der Waals surface area contributed by atoms with Crippen LogP contribution in [-0.2, 0) is 22.6 Å². The number of likely N-dealkylation sites (N-methyl/N-ethyl adjacent to an activating group) is 1. The molecule has 0 heterocycles. The molecule has 1 N–H and O–H groups in total. The summed E-state index contributed by atoms with van der Waals surface area (Å²) < 4.78 is 13.1. The monoisotopic (exact) mass is 410 g/mol. The van der Waals surface area contributed by atoms with E-state index in [4.69, 9.17) is 23.2 Å². The Balaban J connectivity index is 2.24. The molecule has 0 unspecified atom stereocenters. The summed E-state index contributed by atoms with van der Waals surface area (Å²) in [5.74, 6) is -0.856. The number of carbonyl (C=O) groups is 2. The highest BCUT2D eigenvalue weighted by Gasteiger charge is 2.26. The first-order chi connectivity index (χ1) is 12.8. The number of hydrogen-bond donors (Lipinski definition) is 1. The number of rotatable bonds is 7. The van der Waals surface area contributed by atoms with Crippen LogP contribution in [0.15, 0.2) is 42.5 Å². The molecule has 0 aliphatic heterocycles. The molecule has 0 bridgehead atoms. The molecule has 27 heavy (non-hydrogen) atoms. The largest absolute Gasteiger partial charge is 0.355 e. The number of hydrogen-bond acceptors (Lipinski definition) is 2. The Kier molecular flexibility index (Phi) is 7.63. The van der Waals surface area contributed by atoms with Crippen molar-refractivity contribution in [1.82, 2.24) is 10.2 Å². The van der Waals surface area contributed by atoms with E-state index in [1.54, 1.807) is 37.3 Å². The minimum absolute atomic E-state index is 0.0609. The second-order valence-corrected chi connectivity index (χ2v) is 6.96. The second-order valence-electron chi connectivity index (χ2n) is 6.14. The molecule has 0 aromatic heterocycles. The molecule has 4 nitrogen and oxygen atoms in total. The predicted octanol–water partition coefficient (Wildman–Crippen LogP) is 4.23. The van der Waals surface area contributed by atoms with Crippen molar-refractivity contribution in [2.45, 2.75) is 32.9 Å². The Morgan fingerprint density at radius 1 is 1.07 bits per heavy atom. The molecule has 0 fully saturated rings. The standard InChI is InChI=1S/C20H21Cl2FN2O2/c1-3-24-20(27)13(2)25(12-15-6-9-17(21)18(22)10-15)19(26)11-14-4-7-16(23)8-5-14/h4-10,13H,3,11-12H2,1-2H3,(H,24,27)/t13-/m0/s1. The minimum Gasteiger partial charge on any atom is -0.355 e. The smallest absolute Gasteiger partial charge is 0.242 e. The second kappa shape index (κ2) is 9.72. The van der Waals surface area contributed by atoms with E-state index in [1.807, 2.05) is 6.92 Å². The lowest BCUT2D eigenvalue weighted by atomic mass is 10.1. The fourth-order valence-electron chi connectivity index (χ4n) is 2.62. The van der Waals surface area contributed by atoms with Crippen LogP contribution in [0.4, 0.5) is 4.39 Å². The molecule has 0 aliphatic rings. The topological polar surface area (TPSA) is 49.4 Å². The van der Waals surface area contributed by atoms with Gasteiger partial charge in [-0.3, -0.25) is 9.59 Å². The first-order valence-corrected chi connectivity index (χ1v) is 9.33. The van der Waals surface area contributed by atoms with Gasteiger partial charge in [0.1, 0.15) is 11.9 Å². The molecule has 0 saturated carbocycles. The minimum atomic E-state index is -0.674. The molecule has 144 valence electrons. The molecular weight excluding hydrogens is 390 g/mol. The summed E-state index contributed by atoms with van der Waals surface area (Å²) in [6, 6.07) is 10.1. The third kappa shape index (κ3) is 5.94. The van der Waals surface area contributed by atoms with Crippen LogP contribution in [0.2, 0.25) is 10.0 Å². The summed E-state index contributed by atoms with van der Waals surface area (Å²) in [7, 11) is 0. The van der Waals surface area contributed by atoms with Gasteiger partial charge in [-0.15, -0.1) is 0 Å². The van der Waals surface area contributed by atoms with Crippen LogP contribution < -0.4 is 5.32 Å². The van der Waals surface area contributed by atoms with Gasteiger partial charge in [0, 0.05) is 13.1 Å².